The third kappa shape index (κ3) is 5.19. The lowest BCUT2D eigenvalue weighted by Gasteiger charge is -2.09. The van der Waals surface area contributed by atoms with Gasteiger partial charge in [-0.3, -0.25) is 4.79 Å². The van der Waals surface area contributed by atoms with Gasteiger partial charge in [-0.1, -0.05) is 0 Å². The van der Waals surface area contributed by atoms with Crippen molar-refractivity contribution in [2.24, 2.45) is 0 Å². The third-order valence-corrected chi connectivity index (χ3v) is 3.15. The molecule has 0 saturated carbocycles. The molecule has 2 aromatic carbocycles. The number of carbonyl (C=O) groups excluding carboxylic acids is 1. The van der Waals surface area contributed by atoms with Gasteiger partial charge in [0.15, 0.2) is 0 Å². The second-order valence-corrected chi connectivity index (χ2v) is 4.90. The molecule has 7 heteroatoms. The van der Waals surface area contributed by atoms with Crippen molar-refractivity contribution in [2.45, 2.75) is 12.6 Å². The Hall–Kier alpha value is -2.70. The molecule has 0 fully saturated rings. The van der Waals surface area contributed by atoms with Gasteiger partial charge in [0.2, 0.25) is 5.91 Å². The molecular formula is C17H16F3NO3. The van der Waals surface area contributed by atoms with E-state index in [4.69, 9.17) is 9.47 Å². The number of alkyl halides is 3. The number of rotatable bonds is 6. The zero-order valence-electron chi connectivity index (χ0n) is 12.9. The van der Waals surface area contributed by atoms with Crippen LogP contribution in [0, 0.1) is 0 Å². The maximum atomic E-state index is 12.4. The van der Waals surface area contributed by atoms with Crippen LogP contribution in [0.1, 0.15) is 12.0 Å². The molecule has 0 spiro atoms. The van der Waals surface area contributed by atoms with Gasteiger partial charge in [0.25, 0.3) is 0 Å². The highest BCUT2D eigenvalue weighted by molar-refractivity contribution is 5.90. The average molecular weight is 339 g/mol. The molecule has 0 radical (unpaired) electrons. The molecule has 1 amide bonds. The van der Waals surface area contributed by atoms with Gasteiger partial charge in [-0.05, 0) is 48.5 Å². The lowest BCUT2D eigenvalue weighted by molar-refractivity contribution is -0.137. The fourth-order valence-corrected chi connectivity index (χ4v) is 1.90. The van der Waals surface area contributed by atoms with Gasteiger partial charge in [0.05, 0.1) is 25.7 Å². The summed E-state index contributed by atoms with van der Waals surface area (Å²) in [5, 5.41) is 2.52. The van der Waals surface area contributed by atoms with Crippen LogP contribution in [0.15, 0.2) is 48.5 Å². The highest BCUT2D eigenvalue weighted by atomic mass is 19.4. The lowest BCUT2D eigenvalue weighted by atomic mass is 10.2. The smallest absolute Gasteiger partial charge is 0.416 e. The summed E-state index contributed by atoms with van der Waals surface area (Å²) in [5.74, 6) is 0.948. The topological polar surface area (TPSA) is 47.6 Å². The molecule has 24 heavy (non-hydrogen) atoms. The van der Waals surface area contributed by atoms with Gasteiger partial charge < -0.3 is 14.8 Å². The Labute approximate surface area is 137 Å². The molecule has 0 aromatic heterocycles. The van der Waals surface area contributed by atoms with Crippen LogP contribution in [-0.4, -0.2) is 19.6 Å². The van der Waals surface area contributed by atoms with Crippen LogP contribution in [-0.2, 0) is 11.0 Å². The number of anilines is 1. The number of carbonyl (C=O) groups is 1. The number of ether oxygens (including phenoxy) is 2. The number of methoxy groups -OCH3 is 1. The molecule has 0 aliphatic carbocycles. The van der Waals surface area contributed by atoms with E-state index in [2.05, 4.69) is 5.32 Å². The monoisotopic (exact) mass is 339 g/mol. The summed E-state index contributed by atoms with van der Waals surface area (Å²) in [5.41, 5.74) is -0.458. The highest BCUT2D eigenvalue weighted by Gasteiger charge is 2.29. The van der Waals surface area contributed by atoms with E-state index >= 15 is 0 Å². The third-order valence-electron chi connectivity index (χ3n) is 3.15. The zero-order chi connectivity index (χ0) is 17.6. The number of hydrogen-bond acceptors (Lipinski definition) is 3. The zero-order valence-corrected chi connectivity index (χ0v) is 12.9. The Morgan fingerprint density at radius 2 is 1.58 bits per heavy atom. The Bertz CT molecular complexity index is 667. The predicted octanol–water partition coefficient (Wildman–Crippen LogP) is 4.12. The van der Waals surface area contributed by atoms with Crippen LogP contribution < -0.4 is 14.8 Å². The van der Waals surface area contributed by atoms with Gasteiger partial charge in [0.1, 0.15) is 11.5 Å². The van der Waals surface area contributed by atoms with Crippen molar-refractivity contribution >= 4 is 11.6 Å². The molecule has 0 aliphatic heterocycles. The maximum absolute atomic E-state index is 12.4. The van der Waals surface area contributed by atoms with E-state index in [9.17, 15) is 18.0 Å². The molecule has 4 nitrogen and oxygen atoms in total. The molecule has 0 aliphatic rings. The Morgan fingerprint density at radius 1 is 1.00 bits per heavy atom. The Morgan fingerprint density at radius 3 is 2.12 bits per heavy atom. The van der Waals surface area contributed by atoms with Crippen molar-refractivity contribution < 1.29 is 27.4 Å². The van der Waals surface area contributed by atoms with Gasteiger partial charge in [-0.25, -0.2) is 0 Å². The highest BCUT2D eigenvalue weighted by Crippen LogP contribution is 2.29. The molecule has 0 heterocycles. The Balaban J connectivity index is 1.78. The summed E-state index contributed by atoms with van der Waals surface area (Å²) in [7, 11) is 1.56. The Kier molecular flexibility index (Phi) is 5.68. The molecule has 0 atom stereocenters. The van der Waals surface area contributed by atoms with E-state index in [-0.39, 0.29) is 18.9 Å². The molecule has 128 valence electrons. The summed E-state index contributed by atoms with van der Waals surface area (Å²) >= 11 is 0. The van der Waals surface area contributed by atoms with Crippen LogP contribution in [0.5, 0.6) is 11.5 Å². The lowest BCUT2D eigenvalue weighted by Crippen LogP contribution is -2.15. The van der Waals surface area contributed by atoms with E-state index in [0.717, 1.165) is 12.1 Å². The van der Waals surface area contributed by atoms with E-state index < -0.39 is 11.7 Å². The van der Waals surface area contributed by atoms with E-state index in [1.54, 1.807) is 31.4 Å². The SMILES string of the molecule is COc1ccc(OCCC(=O)Nc2ccc(C(F)(F)F)cc2)cc1. The first kappa shape index (κ1) is 17.7. The van der Waals surface area contributed by atoms with Crippen molar-refractivity contribution in [3.8, 4) is 11.5 Å². The van der Waals surface area contributed by atoms with Gasteiger partial charge in [-0.15, -0.1) is 0 Å². The first-order valence-electron chi connectivity index (χ1n) is 7.12. The number of amides is 1. The predicted molar refractivity (Wildman–Crippen MR) is 83.2 cm³/mol. The number of halogens is 3. The summed E-state index contributed by atoms with van der Waals surface area (Å²) in [4.78, 5) is 11.8. The van der Waals surface area contributed by atoms with Gasteiger partial charge in [-0.2, -0.15) is 13.2 Å². The molecule has 2 rings (SSSR count). The maximum Gasteiger partial charge on any atom is 0.416 e. The van der Waals surface area contributed by atoms with Gasteiger partial charge in [0, 0.05) is 5.69 Å². The fourth-order valence-electron chi connectivity index (χ4n) is 1.90. The second kappa shape index (κ2) is 7.72. The number of nitrogens with one attached hydrogen (secondary N) is 1. The van der Waals surface area contributed by atoms with Gasteiger partial charge >= 0.3 is 6.18 Å². The first-order chi connectivity index (χ1) is 11.4. The average Bonchev–Trinajstić information content (AvgIpc) is 2.55. The van der Waals surface area contributed by atoms with Crippen molar-refractivity contribution in [2.75, 3.05) is 19.0 Å². The fraction of sp³-hybridized carbons (Fsp3) is 0.235. The van der Waals surface area contributed by atoms with Crippen LogP contribution in [0.2, 0.25) is 0 Å². The first-order valence-corrected chi connectivity index (χ1v) is 7.12. The van der Waals surface area contributed by atoms with Crippen molar-refractivity contribution in [3.63, 3.8) is 0 Å². The van der Waals surface area contributed by atoms with Crippen LogP contribution in [0.4, 0.5) is 18.9 Å². The normalized spacial score (nSPS) is 11.0. The summed E-state index contributed by atoms with van der Waals surface area (Å²) in [6.45, 7) is 0.152. The van der Waals surface area contributed by atoms with Crippen molar-refractivity contribution in [1.29, 1.82) is 0 Å². The quantitative estimate of drug-likeness (QED) is 0.861. The molecule has 2 aromatic rings. The number of hydrogen-bond donors (Lipinski definition) is 1. The summed E-state index contributed by atoms with van der Waals surface area (Å²) in [6.07, 6.45) is -4.32. The minimum Gasteiger partial charge on any atom is -0.497 e. The van der Waals surface area contributed by atoms with Crippen molar-refractivity contribution in [3.05, 3.63) is 54.1 Å². The largest absolute Gasteiger partial charge is 0.497 e. The minimum atomic E-state index is -4.39. The van der Waals surface area contributed by atoms with Crippen LogP contribution in [0.25, 0.3) is 0 Å². The van der Waals surface area contributed by atoms with Crippen LogP contribution >= 0.6 is 0 Å². The standard InChI is InChI=1S/C17H16F3NO3/c1-23-14-6-8-15(9-7-14)24-11-10-16(22)21-13-4-2-12(3-5-13)17(18,19)20/h2-9H,10-11H2,1H3,(H,21,22). The van der Waals surface area contributed by atoms with E-state index in [0.29, 0.717) is 17.2 Å². The molecule has 0 saturated heterocycles. The molecular weight excluding hydrogens is 323 g/mol. The summed E-state index contributed by atoms with van der Waals surface area (Å²) < 4.78 is 47.8. The second-order valence-electron chi connectivity index (χ2n) is 4.90. The summed E-state index contributed by atoms with van der Waals surface area (Å²) in [6, 6.07) is 11.2. The van der Waals surface area contributed by atoms with Crippen LogP contribution in [0.3, 0.4) is 0 Å². The van der Waals surface area contributed by atoms with E-state index in [1.807, 2.05) is 0 Å². The molecule has 1 N–H and O–H groups in total. The minimum absolute atomic E-state index is 0.0764. The van der Waals surface area contributed by atoms with E-state index in [1.165, 1.54) is 12.1 Å². The number of benzene rings is 2. The molecule has 0 unspecified atom stereocenters. The molecule has 0 bridgehead atoms. The van der Waals surface area contributed by atoms with Crippen molar-refractivity contribution in [1.82, 2.24) is 0 Å².